The average Bonchev–Trinajstić information content (AvgIpc) is 1.54. The summed E-state index contributed by atoms with van der Waals surface area (Å²) in [7, 11) is 0. The molecule has 698 valence electrons. The van der Waals surface area contributed by atoms with Gasteiger partial charge in [0.25, 0.3) is 5.69 Å². The average molecular weight is 1930 g/mol. The van der Waals surface area contributed by atoms with Crippen LogP contribution in [0.4, 0.5) is 58.4 Å². The molecule has 1 unspecified atom stereocenters. The fourth-order valence-electron chi connectivity index (χ4n) is 21.0. The number of aromatic nitrogens is 4. The van der Waals surface area contributed by atoms with Crippen molar-refractivity contribution in [3.63, 3.8) is 0 Å². The van der Waals surface area contributed by atoms with Gasteiger partial charge in [-0.2, -0.15) is 21.0 Å². The third kappa shape index (κ3) is 14.9. The minimum absolute atomic E-state index is 0.0291. The highest BCUT2D eigenvalue weighted by Crippen LogP contribution is 2.64. The van der Waals surface area contributed by atoms with Crippen LogP contribution in [0.25, 0.3) is 160 Å². The van der Waals surface area contributed by atoms with Crippen molar-refractivity contribution >= 4 is 66.1 Å². The van der Waals surface area contributed by atoms with E-state index in [1.54, 1.807) is 0 Å². The van der Waals surface area contributed by atoms with E-state index in [1.807, 2.05) is 36.4 Å². The molecule has 4 aliphatic carbocycles. The van der Waals surface area contributed by atoms with Gasteiger partial charge in [-0.05, 0) is 142 Å². The van der Waals surface area contributed by atoms with Gasteiger partial charge in [-0.25, -0.2) is 82.3 Å². The molecular weight excluding hydrogens is 1870 g/mol. The Morgan fingerprint density at radius 1 is 0.279 bits per heavy atom. The minimum Gasteiger partial charge on any atom is -0.245 e. The molecule has 1 fully saturated rings. The van der Waals surface area contributed by atoms with Gasteiger partial charge in [0.1, 0.15) is 35.4 Å². The maximum Gasteiger partial charge on any atom is 0.262 e. The topological polar surface area (TPSA) is 155 Å². The van der Waals surface area contributed by atoms with Crippen molar-refractivity contribution in [2.75, 3.05) is 0 Å². The largest absolute Gasteiger partial charge is 0.262 e. The summed E-state index contributed by atoms with van der Waals surface area (Å²) in [5.74, 6) is -29.7. The van der Waals surface area contributed by atoms with Gasteiger partial charge in [0, 0.05) is 55.1 Å². The Kier molecular flexibility index (Phi) is 23.0. The van der Waals surface area contributed by atoms with E-state index in [0.717, 1.165) is 113 Å². The molecule has 0 saturated heterocycles. The number of nitriles is 4. The first kappa shape index (κ1) is 92.5. The number of nitrogens with zero attached hydrogens (tertiary/aromatic N) is 10. The minimum atomic E-state index is -2.52. The number of halogens is 12. The summed E-state index contributed by atoms with van der Waals surface area (Å²) in [6.45, 7) is 18.9. The van der Waals surface area contributed by atoms with Gasteiger partial charge >= 0.3 is 0 Å². The van der Waals surface area contributed by atoms with Crippen molar-refractivity contribution < 1.29 is 52.7 Å². The van der Waals surface area contributed by atoms with Crippen LogP contribution in [0.2, 0.25) is 0 Å². The van der Waals surface area contributed by atoms with Crippen LogP contribution in [0.15, 0.2) is 363 Å². The Hall–Kier alpha value is -19.5. The summed E-state index contributed by atoms with van der Waals surface area (Å²) in [6, 6.07) is 129. The van der Waals surface area contributed by atoms with Crippen LogP contribution in [0.5, 0.6) is 0 Å². The highest BCUT2D eigenvalue weighted by Gasteiger charge is 2.53. The monoisotopic (exact) mass is 1930 g/mol. The fourth-order valence-corrected chi connectivity index (χ4v) is 21.0. The second-order valence-corrected chi connectivity index (χ2v) is 36.0. The van der Waals surface area contributed by atoms with Gasteiger partial charge in [0.2, 0.25) is 5.70 Å². The van der Waals surface area contributed by atoms with E-state index in [2.05, 4.69) is 333 Å². The highest BCUT2D eigenvalue weighted by atomic mass is 19.2. The zero-order chi connectivity index (χ0) is 102. The SMILES string of the molecule is CC1(C)c2ccccc2-c2ccc(C(c3cccc(-c4ccccc4)c3)c3ccc4c(c3)C3(c5ccccc5-c5ccccc53)c3ccccc3-4)cc21.[C-]#[N+]C(=C1C(=C(C#N)c2c(F)c(F)c(C#N)c(F)c2F)C1=C(C#N)c1c(F)c(F)c([N+]#[C-])c(F)c1F)c1c(F)c(F)c(C#N)c(F)c1F.c1ccc(-c2ccc3ccc4ccc(-c5cccc(-c6ccc7ccc8ccc(-c9ccccc9)nc8c7n6)c5)nc4c3n2)cc1. The van der Waals surface area contributed by atoms with E-state index in [-0.39, 0.29) is 16.7 Å². The zero-order valence-corrected chi connectivity index (χ0v) is 77.0. The second kappa shape index (κ2) is 36.5. The summed E-state index contributed by atoms with van der Waals surface area (Å²) in [6.07, 6.45) is 0. The van der Waals surface area contributed by atoms with E-state index < -0.39 is 137 Å². The fraction of sp³-hybridized carbons (Fsp3) is 0.0400. The number of fused-ring (bicyclic) bond motifs is 19. The van der Waals surface area contributed by atoms with Crippen molar-refractivity contribution in [3.05, 3.63) is 533 Å². The lowest BCUT2D eigenvalue weighted by Gasteiger charge is -2.31. The lowest BCUT2D eigenvalue weighted by atomic mass is 9.69. The van der Waals surface area contributed by atoms with Crippen molar-refractivity contribution in [2.45, 2.75) is 30.6 Å². The summed E-state index contributed by atoms with van der Waals surface area (Å²) in [5, 5.41) is 41.6. The molecule has 0 N–H and O–H groups in total. The maximum absolute atomic E-state index is 15.0. The molecule has 0 radical (unpaired) electrons. The van der Waals surface area contributed by atoms with E-state index >= 15 is 26.3 Å². The van der Waals surface area contributed by atoms with Gasteiger partial charge < -0.3 is 0 Å². The van der Waals surface area contributed by atoms with Crippen LogP contribution in [0.3, 0.4) is 0 Å². The zero-order valence-electron chi connectivity index (χ0n) is 77.0. The van der Waals surface area contributed by atoms with E-state index in [1.165, 1.54) is 94.6 Å². The Morgan fingerprint density at radius 2 is 0.592 bits per heavy atom. The molecule has 4 aliphatic rings. The van der Waals surface area contributed by atoms with Crippen LogP contribution >= 0.6 is 0 Å². The smallest absolute Gasteiger partial charge is 0.245 e. The lowest BCUT2D eigenvalue weighted by molar-refractivity contribution is 0.446. The first-order valence-electron chi connectivity index (χ1n) is 46.1. The number of hydrogen-bond acceptors (Lipinski definition) is 8. The molecule has 1 saturated carbocycles. The molecule has 147 heavy (non-hydrogen) atoms. The molecule has 20 aromatic rings. The van der Waals surface area contributed by atoms with E-state index in [4.69, 9.17) is 43.6 Å². The van der Waals surface area contributed by atoms with E-state index in [9.17, 15) is 36.9 Å². The first-order chi connectivity index (χ1) is 71.4. The van der Waals surface area contributed by atoms with Gasteiger partial charge in [0.05, 0.1) is 91.2 Å². The van der Waals surface area contributed by atoms with Crippen LogP contribution in [0.1, 0.15) is 97.7 Å². The Balaban J connectivity index is 0.000000126. The van der Waals surface area contributed by atoms with Crippen molar-refractivity contribution in [2.24, 2.45) is 0 Å². The predicted molar refractivity (Wildman–Crippen MR) is 542 cm³/mol. The van der Waals surface area contributed by atoms with Crippen LogP contribution in [0, 0.1) is 128 Å². The van der Waals surface area contributed by atoms with Gasteiger partial charge in [-0.1, -0.05) is 329 Å². The number of allylic oxidation sites excluding steroid dienone is 5. The Labute approximate surface area is 832 Å². The highest BCUT2D eigenvalue weighted by molar-refractivity contribution is 6.12. The molecule has 4 aromatic heterocycles. The molecule has 1 atom stereocenters. The molecule has 0 bridgehead atoms. The van der Waals surface area contributed by atoms with Gasteiger partial charge in [-0.15, -0.1) is 0 Å². The summed E-state index contributed by atoms with van der Waals surface area (Å²) < 4.78 is 177. The summed E-state index contributed by atoms with van der Waals surface area (Å²) >= 11 is 0. The molecule has 10 nitrogen and oxygen atoms in total. The van der Waals surface area contributed by atoms with Crippen LogP contribution in [-0.2, 0) is 10.8 Å². The number of pyridine rings is 4. The van der Waals surface area contributed by atoms with Crippen molar-refractivity contribution in [1.82, 2.24) is 19.9 Å². The molecule has 22 heteroatoms. The molecule has 1 spiro atoms. The Morgan fingerprint density at radius 3 is 0.986 bits per heavy atom. The summed E-state index contributed by atoms with van der Waals surface area (Å²) in [4.78, 5) is 25.4. The van der Waals surface area contributed by atoms with Gasteiger partial charge in [0.15, 0.2) is 69.8 Å². The lowest BCUT2D eigenvalue weighted by Crippen LogP contribution is -2.26. The maximum atomic E-state index is 15.0. The second-order valence-electron chi connectivity index (χ2n) is 36.0. The molecule has 0 amide bonds. The molecule has 4 heterocycles. The predicted octanol–water partition coefficient (Wildman–Crippen LogP) is 32.0. The van der Waals surface area contributed by atoms with Crippen LogP contribution < -0.4 is 0 Å². The Bertz CT molecular complexity index is 8920. The number of rotatable bonds is 11. The normalized spacial score (nSPS) is 13.9. The first-order valence-corrected chi connectivity index (χ1v) is 46.1. The quantitative estimate of drug-likeness (QED) is 0.0309. The number of benzene rings is 16. The molecule has 0 aliphatic heterocycles. The standard InChI is InChI=1S/C53H38.C42H26N4.C30F12N6/c1-52(2)45-23-10-6-19-39(45)43-29-27-37(32-49(43)52)51(36-18-14-17-35(31-36)34-15-4-3-5-16-34)38-28-30-44-42-22-9-13-26-48(42)53(50(44)33-38)46-24-11-7-20-40(46)41-21-8-12-25-47(41)53;1-3-8-27(9-4-1)35-22-18-29-14-16-31-20-24-37(45-41(31)39(29)43-35)33-12-7-13-34(26-33)38-25-21-32-17-15-30-19-23-36(28-10-5-2-6-11-28)44-40(30)42(32)46-38;1-47-29(16-25(39)19(33)10(6-46)20(34)26(16)40)15-11(7(3-43)13-21(35)17(31)9(5-45)18(32)22(13)36)12(15)8(4-44)14-23(37)27(41)30(48-2)28(42)24(14)38/h3-33,51H,1-2H3;1-26H;. The van der Waals surface area contributed by atoms with Crippen molar-refractivity contribution in [1.29, 1.82) is 21.0 Å². The van der Waals surface area contributed by atoms with Crippen LogP contribution in [-0.4, -0.2) is 19.9 Å². The van der Waals surface area contributed by atoms with E-state index in [0.29, 0.717) is 0 Å². The third-order valence-electron chi connectivity index (χ3n) is 27.9. The molecule has 24 rings (SSSR count). The third-order valence-corrected chi connectivity index (χ3v) is 27.9. The van der Waals surface area contributed by atoms with Gasteiger partial charge in [-0.3, -0.25) is 0 Å². The molecule has 16 aromatic carbocycles. The number of hydrogen-bond donors (Lipinski definition) is 0. The van der Waals surface area contributed by atoms with Crippen molar-refractivity contribution in [3.8, 4) is 114 Å². The molecular formula is C125H64F12N10. The summed E-state index contributed by atoms with van der Waals surface area (Å²) in [5.41, 5.74) is 12.5.